The van der Waals surface area contributed by atoms with Gasteiger partial charge in [-0.1, -0.05) is 11.6 Å². The predicted molar refractivity (Wildman–Crippen MR) is 101 cm³/mol. The molecule has 0 fully saturated rings. The molecule has 1 atom stereocenters. The van der Waals surface area contributed by atoms with Crippen molar-refractivity contribution in [2.45, 2.75) is 37.5 Å². The molecular formula is C18H17ClF3N3O2S. The van der Waals surface area contributed by atoms with Gasteiger partial charge in [-0.2, -0.15) is 13.2 Å². The van der Waals surface area contributed by atoms with Crippen LogP contribution in [-0.4, -0.2) is 18.0 Å². The zero-order valence-electron chi connectivity index (χ0n) is 15.0. The molecule has 0 aliphatic heterocycles. The smallest absolute Gasteiger partial charge is 0.327 e. The van der Waals surface area contributed by atoms with Gasteiger partial charge < -0.3 is 4.57 Å². The van der Waals surface area contributed by atoms with E-state index in [1.807, 2.05) is 6.92 Å². The van der Waals surface area contributed by atoms with E-state index in [9.17, 15) is 21.6 Å². The van der Waals surface area contributed by atoms with Crippen molar-refractivity contribution in [1.29, 1.82) is 0 Å². The van der Waals surface area contributed by atoms with Crippen LogP contribution < -0.4 is 4.72 Å². The van der Waals surface area contributed by atoms with Gasteiger partial charge in [-0.05, 0) is 56.3 Å². The van der Waals surface area contributed by atoms with Crippen LogP contribution in [0.1, 0.15) is 31.3 Å². The molecule has 3 aromatic rings. The lowest BCUT2D eigenvalue weighted by molar-refractivity contribution is -0.137. The number of hydrogen-bond donors (Lipinski definition) is 1. The van der Waals surface area contributed by atoms with Crippen LogP contribution in [0, 0.1) is 0 Å². The normalized spacial score (nSPS) is 13.8. The third-order valence-electron chi connectivity index (χ3n) is 4.26. The van der Waals surface area contributed by atoms with E-state index in [0.29, 0.717) is 22.9 Å². The minimum Gasteiger partial charge on any atom is -0.327 e. The van der Waals surface area contributed by atoms with Crippen LogP contribution in [0.3, 0.4) is 0 Å². The number of aromatic nitrogens is 2. The second-order valence-corrected chi connectivity index (χ2v) is 8.36. The van der Waals surface area contributed by atoms with E-state index >= 15 is 0 Å². The molecular weight excluding hydrogens is 415 g/mol. The fourth-order valence-corrected chi connectivity index (χ4v) is 4.28. The molecule has 0 saturated heterocycles. The Kier molecular flexibility index (Phi) is 5.44. The first-order valence-corrected chi connectivity index (χ1v) is 10.2. The third kappa shape index (κ3) is 4.01. The van der Waals surface area contributed by atoms with E-state index in [1.54, 1.807) is 11.5 Å². The van der Waals surface area contributed by atoms with Crippen molar-refractivity contribution in [2.24, 2.45) is 0 Å². The Morgan fingerprint density at radius 3 is 2.39 bits per heavy atom. The molecule has 0 aliphatic carbocycles. The Labute approximate surface area is 165 Å². The number of nitrogens with zero attached hydrogens (tertiary/aromatic N) is 2. The minimum absolute atomic E-state index is 0.0299. The van der Waals surface area contributed by atoms with Gasteiger partial charge in [-0.25, -0.2) is 18.1 Å². The number of sulfonamides is 1. The van der Waals surface area contributed by atoms with Crippen molar-refractivity contribution in [3.63, 3.8) is 0 Å². The Morgan fingerprint density at radius 1 is 1.18 bits per heavy atom. The number of imidazole rings is 1. The van der Waals surface area contributed by atoms with Gasteiger partial charge in [-0.15, -0.1) is 0 Å². The molecule has 2 aromatic carbocycles. The summed E-state index contributed by atoms with van der Waals surface area (Å²) in [4.78, 5) is 4.29. The summed E-state index contributed by atoms with van der Waals surface area (Å²) in [7, 11) is -3.86. The number of hydrogen-bond acceptors (Lipinski definition) is 3. The van der Waals surface area contributed by atoms with Gasteiger partial charge in [0, 0.05) is 11.6 Å². The van der Waals surface area contributed by atoms with Crippen LogP contribution in [0.25, 0.3) is 11.0 Å². The zero-order chi connectivity index (χ0) is 20.7. The van der Waals surface area contributed by atoms with Gasteiger partial charge in [-0.3, -0.25) is 0 Å². The van der Waals surface area contributed by atoms with Gasteiger partial charge in [0.05, 0.1) is 27.5 Å². The second-order valence-electron chi connectivity index (χ2n) is 6.21. The van der Waals surface area contributed by atoms with Crippen LogP contribution in [-0.2, 0) is 22.7 Å². The van der Waals surface area contributed by atoms with Gasteiger partial charge in [0.2, 0.25) is 10.0 Å². The van der Waals surface area contributed by atoms with Crippen LogP contribution in [0.15, 0.2) is 47.4 Å². The van der Waals surface area contributed by atoms with Crippen LogP contribution >= 0.6 is 11.6 Å². The summed E-state index contributed by atoms with van der Waals surface area (Å²) < 4.78 is 68.3. The summed E-state index contributed by atoms with van der Waals surface area (Å²) in [5.74, 6) is 0.328. The van der Waals surface area contributed by atoms with Crippen molar-refractivity contribution < 1.29 is 21.6 Å². The number of fused-ring (bicyclic) bond motifs is 1. The summed E-state index contributed by atoms with van der Waals surface area (Å²) >= 11 is 5.78. The maximum absolute atomic E-state index is 13.0. The Balaban J connectivity index is 1.98. The van der Waals surface area contributed by atoms with Crippen molar-refractivity contribution in [2.75, 3.05) is 0 Å². The molecule has 5 nitrogen and oxygen atoms in total. The maximum atomic E-state index is 13.0. The largest absolute Gasteiger partial charge is 0.416 e. The first-order valence-electron chi connectivity index (χ1n) is 8.38. The summed E-state index contributed by atoms with van der Waals surface area (Å²) in [6.07, 6.45) is -4.48. The van der Waals surface area contributed by atoms with Gasteiger partial charge in [0.15, 0.2) is 0 Å². The lowest BCUT2D eigenvalue weighted by Crippen LogP contribution is -2.28. The van der Waals surface area contributed by atoms with Crippen molar-refractivity contribution >= 4 is 32.7 Å². The molecule has 10 heteroatoms. The number of benzene rings is 2. The lowest BCUT2D eigenvalue weighted by Gasteiger charge is -2.15. The summed E-state index contributed by atoms with van der Waals surface area (Å²) in [5.41, 5.74) is -0.144. The monoisotopic (exact) mass is 431 g/mol. The van der Waals surface area contributed by atoms with E-state index in [4.69, 9.17) is 11.6 Å². The van der Waals surface area contributed by atoms with Crippen LogP contribution in [0.5, 0.6) is 0 Å². The van der Waals surface area contributed by atoms with Crippen molar-refractivity contribution in [3.05, 3.63) is 58.9 Å². The SMILES string of the molecule is CCn1c([C@@H](C)NS(=O)(=O)c2ccc(Cl)cc2)nc2cc(C(F)(F)F)ccc21. The molecule has 0 amide bonds. The number of nitrogens with one attached hydrogen (secondary N) is 1. The summed E-state index contributed by atoms with van der Waals surface area (Å²) in [6, 6.07) is 8.20. The molecule has 0 saturated carbocycles. The molecule has 0 spiro atoms. The molecule has 1 aromatic heterocycles. The standard InChI is InChI=1S/C18H17ClF3N3O2S/c1-3-25-16-9-4-12(18(20,21)22)10-15(16)23-17(25)11(2)24-28(26,27)14-7-5-13(19)6-8-14/h4-11,24H,3H2,1-2H3/t11-/m1/s1. The lowest BCUT2D eigenvalue weighted by atomic mass is 10.2. The minimum atomic E-state index is -4.48. The first kappa shape index (κ1) is 20.6. The fourth-order valence-electron chi connectivity index (χ4n) is 2.95. The zero-order valence-corrected chi connectivity index (χ0v) is 16.5. The van der Waals surface area contributed by atoms with Crippen LogP contribution in [0.4, 0.5) is 13.2 Å². The molecule has 0 radical (unpaired) electrons. The highest BCUT2D eigenvalue weighted by molar-refractivity contribution is 7.89. The molecule has 0 unspecified atom stereocenters. The Hall–Kier alpha value is -2.10. The molecule has 1 heterocycles. The number of rotatable bonds is 5. The molecule has 3 rings (SSSR count). The maximum Gasteiger partial charge on any atom is 0.416 e. The fraction of sp³-hybridized carbons (Fsp3) is 0.278. The Morgan fingerprint density at radius 2 is 1.82 bits per heavy atom. The summed E-state index contributed by atoms with van der Waals surface area (Å²) in [5, 5.41) is 0.403. The van der Waals surface area contributed by atoms with E-state index in [2.05, 4.69) is 9.71 Å². The van der Waals surface area contributed by atoms with Crippen molar-refractivity contribution in [1.82, 2.24) is 14.3 Å². The second kappa shape index (κ2) is 7.38. The Bertz CT molecular complexity index is 1110. The van der Waals surface area contributed by atoms with E-state index in [1.165, 1.54) is 30.3 Å². The third-order valence-corrected chi connectivity index (χ3v) is 6.07. The number of alkyl halides is 3. The average Bonchev–Trinajstić information content (AvgIpc) is 2.99. The highest BCUT2D eigenvalue weighted by atomic mass is 35.5. The van der Waals surface area contributed by atoms with Gasteiger partial charge in [0.25, 0.3) is 0 Å². The molecule has 0 aliphatic rings. The van der Waals surface area contributed by atoms with E-state index in [0.717, 1.165) is 12.1 Å². The average molecular weight is 432 g/mol. The molecule has 1 N–H and O–H groups in total. The summed E-state index contributed by atoms with van der Waals surface area (Å²) in [6.45, 7) is 3.82. The molecule has 0 bridgehead atoms. The molecule has 28 heavy (non-hydrogen) atoms. The number of halogens is 4. The van der Waals surface area contributed by atoms with Gasteiger partial charge >= 0.3 is 6.18 Å². The van der Waals surface area contributed by atoms with Crippen molar-refractivity contribution in [3.8, 4) is 0 Å². The first-order chi connectivity index (χ1) is 13.0. The topological polar surface area (TPSA) is 64.0 Å². The van der Waals surface area contributed by atoms with E-state index < -0.39 is 27.8 Å². The highest BCUT2D eigenvalue weighted by Crippen LogP contribution is 2.32. The van der Waals surface area contributed by atoms with Crippen LogP contribution in [0.2, 0.25) is 5.02 Å². The predicted octanol–water partition coefficient (Wildman–Crippen LogP) is 4.77. The van der Waals surface area contributed by atoms with Gasteiger partial charge in [0.1, 0.15) is 5.82 Å². The quantitative estimate of drug-likeness (QED) is 0.633. The molecule has 150 valence electrons. The highest BCUT2D eigenvalue weighted by Gasteiger charge is 2.31. The number of aryl methyl sites for hydroxylation is 1. The van der Waals surface area contributed by atoms with E-state index in [-0.39, 0.29) is 10.4 Å².